The summed E-state index contributed by atoms with van der Waals surface area (Å²) < 4.78 is 0. The van der Waals surface area contributed by atoms with E-state index in [1.165, 1.54) is 6.08 Å². The van der Waals surface area contributed by atoms with E-state index in [9.17, 15) is 4.79 Å². The molecule has 2 nitrogen and oxygen atoms in total. The van der Waals surface area contributed by atoms with Gasteiger partial charge in [0.1, 0.15) is 0 Å². The molecular formula is C12H21NO. The Labute approximate surface area is 87.0 Å². The van der Waals surface area contributed by atoms with Crippen molar-refractivity contribution >= 4 is 5.91 Å². The van der Waals surface area contributed by atoms with Gasteiger partial charge in [-0.1, -0.05) is 27.4 Å². The van der Waals surface area contributed by atoms with E-state index in [2.05, 4.69) is 27.4 Å². The SMILES string of the molecule is C=CC(=O)N1CCCC1CC(C)(C)C. The lowest BCUT2D eigenvalue weighted by atomic mass is 9.87. The van der Waals surface area contributed by atoms with E-state index in [0.717, 1.165) is 25.8 Å². The molecule has 0 saturated carbocycles. The van der Waals surface area contributed by atoms with Crippen LogP contribution in [0, 0.1) is 5.41 Å². The van der Waals surface area contributed by atoms with E-state index in [0.29, 0.717) is 11.5 Å². The Balaban J connectivity index is 2.60. The summed E-state index contributed by atoms with van der Waals surface area (Å²) in [7, 11) is 0. The van der Waals surface area contributed by atoms with Gasteiger partial charge in [0.2, 0.25) is 5.91 Å². The number of hydrogen-bond acceptors (Lipinski definition) is 1. The van der Waals surface area contributed by atoms with Crippen LogP contribution in [0.3, 0.4) is 0 Å². The second-order valence-electron chi connectivity index (χ2n) is 5.30. The normalized spacial score (nSPS) is 22.5. The predicted molar refractivity (Wildman–Crippen MR) is 59.0 cm³/mol. The number of nitrogens with zero attached hydrogens (tertiary/aromatic N) is 1. The fourth-order valence-electron chi connectivity index (χ4n) is 2.16. The maximum absolute atomic E-state index is 11.5. The monoisotopic (exact) mass is 195 g/mol. The van der Waals surface area contributed by atoms with Crippen LogP contribution >= 0.6 is 0 Å². The molecule has 1 atom stereocenters. The summed E-state index contributed by atoms with van der Waals surface area (Å²) >= 11 is 0. The molecule has 1 rings (SSSR count). The molecule has 0 radical (unpaired) electrons. The molecule has 0 aromatic rings. The molecule has 1 aliphatic heterocycles. The minimum atomic E-state index is 0.0942. The van der Waals surface area contributed by atoms with Gasteiger partial charge in [-0.15, -0.1) is 0 Å². The van der Waals surface area contributed by atoms with Gasteiger partial charge in [0, 0.05) is 12.6 Å². The Morgan fingerprint density at radius 1 is 1.57 bits per heavy atom. The molecule has 0 aromatic heterocycles. The molecule has 0 aromatic carbocycles. The summed E-state index contributed by atoms with van der Waals surface area (Å²) in [4.78, 5) is 13.5. The topological polar surface area (TPSA) is 20.3 Å². The third-order valence-electron chi connectivity index (χ3n) is 2.68. The standard InChI is InChI=1S/C12H21NO/c1-5-11(14)13-8-6-7-10(13)9-12(2,3)4/h5,10H,1,6-9H2,2-4H3. The molecule has 1 unspecified atom stereocenters. The summed E-state index contributed by atoms with van der Waals surface area (Å²) in [5, 5.41) is 0. The zero-order valence-electron chi connectivity index (χ0n) is 9.55. The first-order valence-electron chi connectivity index (χ1n) is 5.37. The Bertz CT molecular complexity index is 227. The second-order valence-corrected chi connectivity index (χ2v) is 5.30. The van der Waals surface area contributed by atoms with Gasteiger partial charge in [-0.25, -0.2) is 0 Å². The largest absolute Gasteiger partial charge is 0.336 e. The van der Waals surface area contributed by atoms with Crippen LogP contribution in [0.4, 0.5) is 0 Å². The molecule has 14 heavy (non-hydrogen) atoms. The van der Waals surface area contributed by atoms with Crippen LogP contribution in [0.15, 0.2) is 12.7 Å². The molecule has 80 valence electrons. The molecule has 0 N–H and O–H groups in total. The lowest BCUT2D eigenvalue weighted by Crippen LogP contribution is -2.36. The van der Waals surface area contributed by atoms with Crippen LogP contribution in [0.1, 0.15) is 40.0 Å². The van der Waals surface area contributed by atoms with E-state index < -0.39 is 0 Å². The highest BCUT2D eigenvalue weighted by Gasteiger charge is 2.30. The van der Waals surface area contributed by atoms with E-state index in [1.807, 2.05) is 4.90 Å². The van der Waals surface area contributed by atoms with Crippen molar-refractivity contribution in [3.05, 3.63) is 12.7 Å². The van der Waals surface area contributed by atoms with Gasteiger partial charge in [0.15, 0.2) is 0 Å². The second kappa shape index (κ2) is 4.16. The van der Waals surface area contributed by atoms with E-state index in [-0.39, 0.29) is 5.91 Å². The molecule has 0 bridgehead atoms. The Hall–Kier alpha value is -0.790. The zero-order chi connectivity index (χ0) is 10.8. The van der Waals surface area contributed by atoms with Crippen molar-refractivity contribution < 1.29 is 4.79 Å². The van der Waals surface area contributed by atoms with Crippen molar-refractivity contribution in [1.29, 1.82) is 0 Å². The van der Waals surface area contributed by atoms with Gasteiger partial charge >= 0.3 is 0 Å². The molecule has 2 heteroatoms. The quantitative estimate of drug-likeness (QED) is 0.620. The van der Waals surface area contributed by atoms with Crippen LogP contribution in [-0.4, -0.2) is 23.4 Å². The Morgan fingerprint density at radius 3 is 2.71 bits per heavy atom. The van der Waals surface area contributed by atoms with Gasteiger partial charge in [-0.3, -0.25) is 4.79 Å². The van der Waals surface area contributed by atoms with E-state index in [4.69, 9.17) is 0 Å². The van der Waals surface area contributed by atoms with E-state index in [1.54, 1.807) is 0 Å². The number of likely N-dealkylation sites (tertiary alicyclic amines) is 1. The Kier molecular flexibility index (Phi) is 3.35. The minimum absolute atomic E-state index is 0.0942. The third kappa shape index (κ3) is 2.86. The predicted octanol–water partition coefficient (Wildman–Crippen LogP) is 2.60. The highest BCUT2D eigenvalue weighted by molar-refractivity contribution is 5.87. The van der Waals surface area contributed by atoms with Crippen LogP contribution in [0.25, 0.3) is 0 Å². The molecule has 1 heterocycles. The van der Waals surface area contributed by atoms with Crippen LogP contribution < -0.4 is 0 Å². The highest BCUT2D eigenvalue weighted by atomic mass is 16.2. The van der Waals surface area contributed by atoms with Gasteiger partial charge in [-0.05, 0) is 30.8 Å². The summed E-state index contributed by atoms with van der Waals surface area (Å²) in [5.74, 6) is 0.0942. The maximum atomic E-state index is 11.5. The van der Waals surface area contributed by atoms with Crippen LogP contribution in [0.5, 0.6) is 0 Å². The highest BCUT2D eigenvalue weighted by Crippen LogP contribution is 2.29. The smallest absolute Gasteiger partial charge is 0.246 e. The average molecular weight is 195 g/mol. The minimum Gasteiger partial charge on any atom is -0.336 e. The first-order chi connectivity index (χ1) is 6.44. The van der Waals surface area contributed by atoms with Crippen molar-refractivity contribution in [2.45, 2.75) is 46.1 Å². The molecular weight excluding hydrogens is 174 g/mol. The Morgan fingerprint density at radius 2 is 2.21 bits per heavy atom. The number of carbonyl (C=O) groups excluding carboxylic acids is 1. The molecule has 0 aliphatic carbocycles. The van der Waals surface area contributed by atoms with Crippen molar-refractivity contribution in [1.82, 2.24) is 4.90 Å². The average Bonchev–Trinajstić information content (AvgIpc) is 2.48. The zero-order valence-corrected chi connectivity index (χ0v) is 9.55. The van der Waals surface area contributed by atoms with Gasteiger partial charge in [-0.2, -0.15) is 0 Å². The summed E-state index contributed by atoms with van der Waals surface area (Å²) in [6.45, 7) is 11.1. The molecule has 1 amide bonds. The van der Waals surface area contributed by atoms with E-state index >= 15 is 0 Å². The van der Waals surface area contributed by atoms with Gasteiger partial charge in [0.05, 0.1) is 0 Å². The molecule has 1 saturated heterocycles. The van der Waals surface area contributed by atoms with Crippen LogP contribution in [0.2, 0.25) is 0 Å². The fourth-order valence-corrected chi connectivity index (χ4v) is 2.16. The first kappa shape index (κ1) is 11.3. The fraction of sp³-hybridized carbons (Fsp3) is 0.750. The first-order valence-corrected chi connectivity index (χ1v) is 5.37. The van der Waals surface area contributed by atoms with Crippen molar-refractivity contribution in [2.24, 2.45) is 5.41 Å². The summed E-state index contributed by atoms with van der Waals surface area (Å²) in [6, 6.07) is 0.431. The number of amides is 1. The summed E-state index contributed by atoms with van der Waals surface area (Å²) in [6.07, 6.45) is 4.81. The van der Waals surface area contributed by atoms with Gasteiger partial charge in [0.25, 0.3) is 0 Å². The van der Waals surface area contributed by atoms with Crippen LogP contribution in [-0.2, 0) is 4.79 Å². The van der Waals surface area contributed by atoms with Crippen molar-refractivity contribution in [2.75, 3.05) is 6.54 Å². The number of carbonyl (C=O) groups is 1. The lowest BCUT2D eigenvalue weighted by Gasteiger charge is -2.29. The maximum Gasteiger partial charge on any atom is 0.246 e. The van der Waals surface area contributed by atoms with Crippen molar-refractivity contribution in [3.63, 3.8) is 0 Å². The molecule has 0 spiro atoms. The van der Waals surface area contributed by atoms with Gasteiger partial charge < -0.3 is 4.90 Å². The molecule has 1 aliphatic rings. The lowest BCUT2D eigenvalue weighted by molar-refractivity contribution is -0.127. The number of rotatable bonds is 2. The van der Waals surface area contributed by atoms with Crippen molar-refractivity contribution in [3.8, 4) is 0 Å². The third-order valence-corrected chi connectivity index (χ3v) is 2.68. The molecule has 1 fully saturated rings. The summed E-state index contributed by atoms with van der Waals surface area (Å²) in [5.41, 5.74) is 0.300. The number of hydrogen-bond donors (Lipinski definition) is 0.